The van der Waals surface area contributed by atoms with Crippen LogP contribution in [-0.2, 0) is 10.2 Å². The van der Waals surface area contributed by atoms with Crippen molar-refractivity contribution < 1.29 is 9.53 Å². The maximum absolute atomic E-state index is 12.0. The molecule has 22 heavy (non-hydrogen) atoms. The Hall–Kier alpha value is -1.26. The summed E-state index contributed by atoms with van der Waals surface area (Å²) in [5.74, 6) is 1.23. The average molecular weight is 327 g/mol. The van der Waals surface area contributed by atoms with E-state index in [-0.39, 0.29) is 36.4 Å². The fourth-order valence-electron chi connectivity index (χ4n) is 2.47. The molecule has 0 radical (unpaired) electrons. The zero-order valence-corrected chi connectivity index (χ0v) is 14.4. The lowest BCUT2D eigenvalue weighted by molar-refractivity contribution is -0.123. The number of nitrogens with one attached hydrogen (secondary N) is 1. The van der Waals surface area contributed by atoms with Gasteiger partial charge in [0.2, 0.25) is 0 Å². The third-order valence-corrected chi connectivity index (χ3v) is 3.85. The van der Waals surface area contributed by atoms with Crippen LogP contribution < -0.4 is 15.8 Å². The smallest absolute Gasteiger partial charge is 0.258 e. The molecule has 1 saturated carbocycles. The van der Waals surface area contributed by atoms with E-state index in [2.05, 4.69) is 26.1 Å². The molecule has 1 aliphatic carbocycles. The third-order valence-electron chi connectivity index (χ3n) is 3.85. The van der Waals surface area contributed by atoms with Gasteiger partial charge in [0.05, 0.1) is 0 Å². The van der Waals surface area contributed by atoms with E-state index in [0.717, 1.165) is 24.2 Å². The Morgan fingerprint density at radius 3 is 2.55 bits per heavy atom. The Morgan fingerprint density at radius 1 is 1.36 bits per heavy atom. The van der Waals surface area contributed by atoms with Gasteiger partial charge >= 0.3 is 0 Å². The fourth-order valence-corrected chi connectivity index (χ4v) is 2.47. The molecular formula is C17H27ClN2O2. The van der Waals surface area contributed by atoms with Crippen molar-refractivity contribution in [2.45, 2.75) is 45.1 Å². The van der Waals surface area contributed by atoms with Gasteiger partial charge < -0.3 is 15.8 Å². The zero-order valence-electron chi connectivity index (χ0n) is 13.6. The molecule has 2 rings (SSSR count). The molecule has 1 aromatic carbocycles. The highest BCUT2D eigenvalue weighted by atomic mass is 35.5. The molecule has 1 fully saturated rings. The van der Waals surface area contributed by atoms with Crippen LogP contribution in [0.1, 0.15) is 39.2 Å². The molecule has 0 heterocycles. The van der Waals surface area contributed by atoms with Gasteiger partial charge in [-0.1, -0.05) is 39.0 Å². The molecule has 124 valence electrons. The van der Waals surface area contributed by atoms with Gasteiger partial charge in [-0.3, -0.25) is 4.79 Å². The number of benzene rings is 1. The van der Waals surface area contributed by atoms with E-state index >= 15 is 0 Å². The predicted molar refractivity (Wildman–Crippen MR) is 91.6 cm³/mol. The van der Waals surface area contributed by atoms with E-state index in [1.165, 1.54) is 0 Å². The summed E-state index contributed by atoms with van der Waals surface area (Å²) in [5.41, 5.74) is 6.79. The molecule has 0 saturated heterocycles. The van der Waals surface area contributed by atoms with Crippen LogP contribution in [0, 0.1) is 5.92 Å². The van der Waals surface area contributed by atoms with Crippen molar-refractivity contribution >= 4 is 18.3 Å². The van der Waals surface area contributed by atoms with Crippen molar-refractivity contribution in [1.82, 2.24) is 5.32 Å². The zero-order chi connectivity index (χ0) is 15.5. The largest absolute Gasteiger partial charge is 0.483 e. The highest BCUT2D eigenvalue weighted by molar-refractivity contribution is 5.85. The topological polar surface area (TPSA) is 64.3 Å². The van der Waals surface area contributed by atoms with Crippen LogP contribution in [0.25, 0.3) is 0 Å². The van der Waals surface area contributed by atoms with Gasteiger partial charge in [-0.2, -0.15) is 0 Å². The number of hydrogen-bond donors (Lipinski definition) is 2. The van der Waals surface area contributed by atoms with Crippen molar-refractivity contribution in [1.29, 1.82) is 0 Å². The first-order chi connectivity index (χ1) is 9.91. The molecule has 1 aromatic rings. The minimum Gasteiger partial charge on any atom is -0.483 e. The second kappa shape index (κ2) is 7.84. The fraction of sp³-hybridized carbons (Fsp3) is 0.588. The summed E-state index contributed by atoms with van der Waals surface area (Å²) >= 11 is 0. The predicted octanol–water partition coefficient (Wildman–Crippen LogP) is 2.64. The first-order valence-electron chi connectivity index (χ1n) is 7.63. The molecule has 4 nitrogen and oxygen atoms in total. The molecular weight excluding hydrogens is 300 g/mol. The molecule has 5 heteroatoms. The highest BCUT2D eigenvalue weighted by Crippen LogP contribution is 2.32. The van der Waals surface area contributed by atoms with Crippen LogP contribution in [-0.4, -0.2) is 25.1 Å². The van der Waals surface area contributed by atoms with Crippen LogP contribution in [0.4, 0.5) is 0 Å². The maximum Gasteiger partial charge on any atom is 0.258 e. The molecule has 1 aliphatic rings. The summed E-state index contributed by atoms with van der Waals surface area (Å²) in [6.45, 7) is 6.93. The van der Waals surface area contributed by atoms with Gasteiger partial charge in [0.1, 0.15) is 5.75 Å². The molecule has 1 atom stereocenters. The van der Waals surface area contributed by atoms with Crippen LogP contribution in [0.2, 0.25) is 0 Å². The normalized spacial score (nSPS) is 15.6. The molecule has 0 aliphatic heterocycles. The number of nitrogens with two attached hydrogens (primary N) is 1. The number of halogens is 1. The van der Waals surface area contributed by atoms with E-state index in [0.29, 0.717) is 12.5 Å². The van der Waals surface area contributed by atoms with Gasteiger partial charge in [-0.15, -0.1) is 12.4 Å². The van der Waals surface area contributed by atoms with Gasteiger partial charge in [0.15, 0.2) is 6.61 Å². The SMILES string of the molecule is CC(C)(C)c1ccccc1OCC(=O)NC(CN)C1CC1.Cl. The quantitative estimate of drug-likeness (QED) is 0.844. The highest BCUT2D eigenvalue weighted by Gasteiger charge is 2.31. The summed E-state index contributed by atoms with van der Waals surface area (Å²) in [6, 6.07) is 7.97. The Bertz CT molecular complexity index is 496. The number of hydrogen-bond acceptors (Lipinski definition) is 3. The molecule has 3 N–H and O–H groups in total. The van der Waals surface area contributed by atoms with Gasteiger partial charge in [-0.25, -0.2) is 0 Å². The van der Waals surface area contributed by atoms with E-state index in [9.17, 15) is 4.79 Å². The lowest BCUT2D eigenvalue weighted by Crippen LogP contribution is -2.43. The lowest BCUT2D eigenvalue weighted by Gasteiger charge is -2.23. The summed E-state index contributed by atoms with van der Waals surface area (Å²) in [7, 11) is 0. The minimum absolute atomic E-state index is 0. The molecule has 0 spiro atoms. The minimum atomic E-state index is -0.0962. The first kappa shape index (κ1) is 18.8. The van der Waals surface area contributed by atoms with Gasteiger partial charge in [-0.05, 0) is 35.8 Å². The molecule has 0 bridgehead atoms. The van der Waals surface area contributed by atoms with E-state index in [4.69, 9.17) is 10.5 Å². The Kier molecular flexibility index (Phi) is 6.69. The standard InChI is InChI=1S/C17H26N2O2.ClH/c1-17(2,3)13-6-4-5-7-15(13)21-11-16(20)19-14(10-18)12-8-9-12;/h4-7,12,14H,8-11,18H2,1-3H3,(H,19,20);1H. The van der Waals surface area contributed by atoms with Gasteiger partial charge in [0.25, 0.3) is 5.91 Å². The van der Waals surface area contributed by atoms with E-state index in [1.54, 1.807) is 0 Å². The maximum atomic E-state index is 12.0. The van der Waals surface area contributed by atoms with Crippen molar-refractivity contribution in [2.75, 3.05) is 13.2 Å². The summed E-state index contributed by atoms with van der Waals surface area (Å²) in [6.07, 6.45) is 2.33. The average Bonchev–Trinajstić information content (AvgIpc) is 3.26. The Morgan fingerprint density at radius 2 is 2.00 bits per heavy atom. The molecule has 0 aromatic heterocycles. The van der Waals surface area contributed by atoms with Crippen molar-refractivity contribution in [3.63, 3.8) is 0 Å². The van der Waals surface area contributed by atoms with E-state index in [1.807, 2.05) is 24.3 Å². The number of ether oxygens (including phenoxy) is 1. The summed E-state index contributed by atoms with van der Waals surface area (Å²) < 4.78 is 5.72. The van der Waals surface area contributed by atoms with Crippen LogP contribution in [0.15, 0.2) is 24.3 Å². The summed E-state index contributed by atoms with van der Waals surface area (Å²) in [4.78, 5) is 12.0. The Balaban J connectivity index is 0.00000242. The molecule has 1 amide bonds. The van der Waals surface area contributed by atoms with Crippen LogP contribution in [0.5, 0.6) is 5.75 Å². The van der Waals surface area contributed by atoms with Crippen molar-refractivity contribution in [2.24, 2.45) is 11.7 Å². The van der Waals surface area contributed by atoms with Crippen LogP contribution >= 0.6 is 12.4 Å². The third kappa shape index (κ3) is 5.18. The number of carbonyl (C=O) groups is 1. The number of carbonyl (C=O) groups excluding carboxylic acids is 1. The van der Waals surface area contributed by atoms with Crippen LogP contribution in [0.3, 0.4) is 0 Å². The number of amides is 1. The lowest BCUT2D eigenvalue weighted by atomic mass is 9.86. The van der Waals surface area contributed by atoms with Crippen molar-refractivity contribution in [3.05, 3.63) is 29.8 Å². The van der Waals surface area contributed by atoms with Gasteiger partial charge in [0, 0.05) is 12.6 Å². The monoisotopic (exact) mass is 326 g/mol. The number of para-hydroxylation sites is 1. The number of rotatable bonds is 6. The second-order valence-electron chi connectivity index (χ2n) is 6.78. The molecule has 1 unspecified atom stereocenters. The Labute approximate surface area is 139 Å². The van der Waals surface area contributed by atoms with E-state index < -0.39 is 0 Å². The van der Waals surface area contributed by atoms with Crippen molar-refractivity contribution in [3.8, 4) is 5.75 Å². The second-order valence-corrected chi connectivity index (χ2v) is 6.78. The summed E-state index contributed by atoms with van der Waals surface area (Å²) in [5, 5.41) is 2.97. The first-order valence-corrected chi connectivity index (χ1v) is 7.63.